The van der Waals surface area contributed by atoms with Gasteiger partial charge in [-0.05, 0) is 32.9 Å². The number of nitrogens with two attached hydrogens (primary N) is 1. The Morgan fingerprint density at radius 2 is 2.06 bits per heavy atom. The molecule has 4 nitrogen and oxygen atoms in total. The van der Waals surface area contributed by atoms with Gasteiger partial charge in [-0.15, -0.1) is 0 Å². The van der Waals surface area contributed by atoms with Crippen LogP contribution in [0.15, 0.2) is 12.3 Å². The van der Waals surface area contributed by atoms with Gasteiger partial charge in [0.25, 0.3) is 0 Å². The number of likely N-dealkylation sites (N-methyl/N-ethyl adjacent to an activating group) is 1. The summed E-state index contributed by atoms with van der Waals surface area (Å²) in [6.07, 6.45) is 4.35. The van der Waals surface area contributed by atoms with Crippen LogP contribution in [0.25, 0.3) is 0 Å². The number of rotatable bonds is 7. The predicted molar refractivity (Wildman–Crippen MR) is 71.8 cm³/mol. The van der Waals surface area contributed by atoms with Crippen LogP contribution in [0.3, 0.4) is 0 Å². The van der Waals surface area contributed by atoms with Crippen molar-refractivity contribution in [2.75, 3.05) is 13.6 Å². The minimum absolute atomic E-state index is 0.397. The van der Waals surface area contributed by atoms with Crippen molar-refractivity contribution in [3.05, 3.63) is 18.0 Å². The fourth-order valence-corrected chi connectivity index (χ4v) is 1.92. The van der Waals surface area contributed by atoms with Crippen molar-refractivity contribution >= 4 is 0 Å². The van der Waals surface area contributed by atoms with E-state index in [-0.39, 0.29) is 0 Å². The molecule has 1 aromatic rings. The molecule has 0 bridgehead atoms. The first kappa shape index (κ1) is 14.2. The van der Waals surface area contributed by atoms with Crippen LogP contribution in [0.4, 0.5) is 0 Å². The standard InChI is InChI=1S/C13H26N4/c1-5-13(6-2)17-8-7-12(15-17)10-16(4)11(3)9-14/h7-8,11,13H,5-6,9-10,14H2,1-4H3. The molecule has 1 heterocycles. The molecule has 0 fully saturated rings. The molecule has 98 valence electrons. The molecule has 0 aliphatic carbocycles. The highest BCUT2D eigenvalue weighted by molar-refractivity contribution is 5.00. The van der Waals surface area contributed by atoms with Crippen LogP contribution in [0.1, 0.15) is 45.3 Å². The van der Waals surface area contributed by atoms with Gasteiger partial charge in [0, 0.05) is 25.3 Å². The molecule has 0 aliphatic heterocycles. The van der Waals surface area contributed by atoms with Gasteiger partial charge in [-0.2, -0.15) is 5.10 Å². The van der Waals surface area contributed by atoms with Gasteiger partial charge in [0.15, 0.2) is 0 Å². The van der Waals surface area contributed by atoms with E-state index in [9.17, 15) is 0 Å². The molecule has 0 spiro atoms. The molecule has 1 atom stereocenters. The summed E-state index contributed by atoms with van der Waals surface area (Å²) < 4.78 is 2.09. The molecule has 0 amide bonds. The summed E-state index contributed by atoms with van der Waals surface area (Å²) in [7, 11) is 2.09. The Kier molecular flexibility index (Phi) is 5.65. The Hall–Kier alpha value is -0.870. The van der Waals surface area contributed by atoms with Crippen molar-refractivity contribution in [2.45, 2.75) is 52.2 Å². The van der Waals surface area contributed by atoms with Crippen LogP contribution in [0, 0.1) is 0 Å². The maximum atomic E-state index is 5.66. The molecule has 0 radical (unpaired) electrons. The van der Waals surface area contributed by atoms with Crippen LogP contribution in [-0.4, -0.2) is 34.3 Å². The monoisotopic (exact) mass is 238 g/mol. The van der Waals surface area contributed by atoms with Gasteiger partial charge in [-0.25, -0.2) is 0 Å². The van der Waals surface area contributed by atoms with Crippen LogP contribution in [0.5, 0.6) is 0 Å². The van der Waals surface area contributed by atoms with E-state index in [0.717, 1.165) is 25.1 Å². The molecule has 1 unspecified atom stereocenters. The molecule has 1 aromatic heterocycles. The van der Waals surface area contributed by atoms with Crippen molar-refractivity contribution < 1.29 is 0 Å². The smallest absolute Gasteiger partial charge is 0.0764 e. The van der Waals surface area contributed by atoms with Gasteiger partial charge in [-0.1, -0.05) is 13.8 Å². The number of aromatic nitrogens is 2. The Labute approximate surface area is 105 Å². The van der Waals surface area contributed by atoms with E-state index in [2.05, 4.69) is 54.8 Å². The maximum absolute atomic E-state index is 5.66. The largest absolute Gasteiger partial charge is 0.329 e. The summed E-state index contributed by atoms with van der Waals surface area (Å²) in [6, 6.07) is 3.03. The third kappa shape index (κ3) is 3.82. The average Bonchev–Trinajstić information content (AvgIpc) is 2.78. The lowest BCUT2D eigenvalue weighted by molar-refractivity contribution is 0.250. The second-order valence-electron chi connectivity index (χ2n) is 4.76. The lowest BCUT2D eigenvalue weighted by Gasteiger charge is -2.22. The Balaban J connectivity index is 2.62. The number of nitrogens with zero attached hydrogens (tertiary/aromatic N) is 3. The van der Waals surface area contributed by atoms with Gasteiger partial charge in [0.1, 0.15) is 0 Å². The normalized spacial score (nSPS) is 13.6. The van der Waals surface area contributed by atoms with Crippen molar-refractivity contribution in [3.8, 4) is 0 Å². The molecule has 0 saturated carbocycles. The minimum Gasteiger partial charge on any atom is -0.329 e. The first-order valence-electron chi connectivity index (χ1n) is 6.56. The van der Waals surface area contributed by atoms with E-state index in [1.54, 1.807) is 0 Å². The SMILES string of the molecule is CCC(CC)n1ccc(CN(C)C(C)CN)n1. The minimum atomic E-state index is 0.397. The van der Waals surface area contributed by atoms with Crippen molar-refractivity contribution in [2.24, 2.45) is 5.73 Å². The summed E-state index contributed by atoms with van der Waals surface area (Å²) >= 11 is 0. The molecular weight excluding hydrogens is 212 g/mol. The first-order valence-corrected chi connectivity index (χ1v) is 6.56. The molecule has 4 heteroatoms. The predicted octanol–water partition coefficient (Wildman–Crippen LogP) is 2.02. The van der Waals surface area contributed by atoms with Gasteiger partial charge in [0.2, 0.25) is 0 Å². The number of hydrogen-bond acceptors (Lipinski definition) is 3. The molecule has 0 saturated heterocycles. The zero-order chi connectivity index (χ0) is 12.8. The second-order valence-corrected chi connectivity index (χ2v) is 4.76. The van der Waals surface area contributed by atoms with Gasteiger partial charge >= 0.3 is 0 Å². The second kappa shape index (κ2) is 6.77. The van der Waals surface area contributed by atoms with Crippen LogP contribution in [0.2, 0.25) is 0 Å². The average molecular weight is 238 g/mol. The molecule has 0 aromatic carbocycles. The summed E-state index contributed by atoms with van der Waals surface area (Å²) in [4.78, 5) is 2.24. The maximum Gasteiger partial charge on any atom is 0.0764 e. The van der Waals surface area contributed by atoms with Crippen molar-refractivity contribution in [3.63, 3.8) is 0 Å². The topological polar surface area (TPSA) is 47.1 Å². The zero-order valence-corrected chi connectivity index (χ0v) is 11.6. The van der Waals surface area contributed by atoms with E-state index in [1.165, 1.54) is 0 Å². The Morgan fingerprint density at radius 3 is 2.59 bits per heavy atom. The molecule has 1 rings (SSSR count). The van der Waals surface area contributed by atoms with Crippen molar-refractivity contribution in [1.82, 2.24) is 14.7 Å². The van der Waals surface area contributed by atoms with Crippen LogP contribution >= 0.6 is 0 Å². The van der Waals surface area contributed by atoms with Crippen molar-refractivity contribution in [1.29, 1.82) is 0 Å². The summed E-state index contributed by atoms with van der Waals surface area (Å²) in [5.74, 6) is 0. The highest BCUT2D eigenvalue weighted by atomic mass is 15.3. The van der Waals surface area contributed by atoms with Gasteiger partial charge < -0.3 is 5.73 Å². The fourth-order valence-electron chi connectivity index (χ4n) is 1.92. The summed E-state index contributed by atoms with van der Waals surface area (Å²) in [6.45, 7) is 8.10. The van der Waals surface area contributed by atoms with Gasteiger partial charge in [-0.3, -0.25) is 9.58 Å². The third-order valence-corrected chi connectivity index (χ3v) is 3.49. The van der Waals surface area contributed by atoms with E-state index in [4.69, 9.17) is 5.73 Å². The lowest BCUT2D eigenvalue weighted by Crippen LogP contribution is -2.34. The molecular formula is C13H26N4. The molecule has 0 aliphatic rings. The molecule has 17 heavy (non-hydrogen) atoms. The molecule has 2 N–H and O–H groups in total. The van der Waals surface area contributed by atoms with E-state index < -0.39 is 0 Å². The van der Waals surface area contributed by atoms with E-state index >= 15 is 0 Å². The fraction of sp³-hybridized carbons (Fsp3) is 0.769. The van der Waals surface area contributed by atoms with Crippen LogP contribution in [-0.2, 0) is 6.54 Å². The van der Waals surface area contributed by atoms with E-state index in [0.29, 0.717) is 18.6 Å². The first-order chi connectivity index (χ1) is 8.12. The quantitative estimate of drug-likeness (QED) is 0.790. The summed E-state index contributed by atoms with van der Waals surface area (Å²) in [5, 5.41) is 4.64. The van der Waals surface area contributed by atoms with Gasteiger partial charge in [0.05, 0.1) is 11.7 Å². The Morgan fingerprint density at radius 1 is 1.41 bits per heavy atom. The number of hydrogen-bond donors (Lipinski definition) is 1. The van der Waals surface area contributed by atoms with Crippen LogP contribution < -0.4 is 5.73 Å². The Bertz CT molecular complexity index is 317. The third-order valence-electron chi connectivity index (χ3n) is 3.49. The highest BCUT2D eigenvalue weighted by Crippen LogP contribution is 2.15. The lowest BCUT2D eigenvalue weighted by atomic mass is 10.2. The summed E-state index contributed by atoms with van der Waals surface area (Å²) in [5.41, 5.74) is 6.78. The van der Waals surface area contributed by atoms with E-state index in [1.807, 2.05) is 0 Å². The highest BCUT2D eigenvalue weighted by Gasteiger charge is 2.11. The zero-order valence-electron chi connectivity index (χ0n) is 11.6.